The molecule has 0 radical (unpaired) electrons. The van der Waals surface area contributed by atoms with Gasteiger partial charge in [-0.25, -0.2) is 0 Å². The summed E-state index contributed by atoms with van der Waals surface area (Å²) in [7, 11) is 0. The maximum Gasteiger partial charge on any atom is 0.0220 e. The topological polar surface area (TPSA) is 15.3 Å². The number of rotatable bonds is 7. The van der Waals surface area contributed by atoms with Gasteiger partial charge in [-0.1, -0.05) is 40.5 Å². The van der Waals surface area contributed by atoms with E-state index in [9.17, 15) is 0 Å². The van der Waals surface area contributed by atoms with Crippen LogP contribution < -0.4 is 5.32 Å². The SMILES string of the molecule is CCCC(C)CN1CCCCC1CNC(C)C. The first-order chi connectivity index (χ1) is 8.13. The van der Waals surface area contributed by atoms with Crippen molar-refractivity contribution >= 4 is 0 Å². The average Bonchev–Trinajstić information content (AvgIpc) is 2.28. The first kappa shape index (κ1) is 15.0. The molecule has 102 valence electrons. The van der Waals surface area contributed by atoms with Crippen molar-refractivity contribution in [3.05, 3.63) is 0 Å². The summed E-state index contributed by atoms with van der Waals surface area (Å²) in [6, 6.07) is 1.40. The fourth-order valence-electron chi connectivity index (χ4n) is 2.89. The third-order valence-corrected chi connectivity index (χ3v) is 3.84. The van der Waals surface area contributed by atoms with Crippen LogP contribution in [0.15, 0.2) is 0 Å². The minimum Gasteiger partial charge on any atom is -0.313 e. The van der Waals surface area contributed by atoms with Crippen LogP contribution in [-0.4, -0.2) is 36.6 Å². The van der Waals surface area contributed by atoms with E-state index in [0.29, 0.717) is 6.04 Å². The molecule has 2 unspecified atom stereocenters. The van der Waals surface area contributed by atoms with E-state index >= 15 is 0 Å². The van der Waals surface area contributed by atoms with Crippen LogP contribution in [0.2, 0.25) is 0 Å². The largest absolute Gasteiger partial charge is 0.313 e. The van der Waals surface area contributed by atoms with Gasteiger partial charge >= 0.3 is 0 Å². The molecular weight excluding hydrogens is 208 g/mol. The van der Waals surface area contributed by atoms with E-state index in [2.05, 4.69) is 37.9 Å². The third-order valence-electron chi connectivity index (χ3n) is 3.84. The molecule has 2 heteroatoms. The first-order valence-corrected chi connectivity index (χ1v) is 7.61. The maximum absolute atomic E-state index is 3.61. The van der Waals surface area contributed by atoms with Gasteiger partial charge in [-0.3, -0.25) is 4.90 Å². The molecule has 0 aromatic heterocycles. The molecular formula is C15H32N2. The van der Waals surface area contributed by atoms with Gasteiger partial charge in [-0.15, -0.1) is 0 Å². The molecule has 1 rings (SSSR count). The number of likely N-dealkylation sites (tertiary alicyclic amines) is 1. The zero-order valence-corrected chi connectivity index (χ0v) is 12.3. The van der Waals surface area contributed by atoms with Crippen LogP contribution >= 0.6 is 0 Å². The van der Waals surface area contributed by atoms with Gasteiger partial charge in [0.05, 0.1) is 0 Å². The van der Waals surface area contributed by atoms with Crippen molar-refractivity contribution in [2.45, 2.75) is 71.9 Å². The highest BCUT2D eigenvalue weighted by Crippen LogP contribution is 2.19. The van der Waals surface area contributed by atoms with Crippen molar-refractivity contribution in [2.75, 3.05) is 19.6 Å². The Labute approximate surface area is 108 Å². The van der Waals surface area contributed by atoms with Crippen molar-refractivity contribution in [2.24, 2.45) is 5.92 Å². The molecule has 0 bridgehead atoms. The number of hydrogen-bond acceptors (Lipinski definition) is 2. The average molecular weight is 240 g/mol. The summed E-state index contributed by atoms with van der Waals surface area (Å²) in [4.78, 5) is 2.74. The first-order valence-electron chi connectivity index (χ1n) is 7.61. The lowest BCUT2D eigenvalue weighted by Crippen LogP contribution is -2.48. The van der Waals surface area contributed by atoms with Crippen LogP contribution in [0, 0.1) is 5.92 Å². The zero-order chi connectivity index (χ0) is 12.7. The Kier molecular flexibility index (Phi) is 7.14. The lowest BCUT2D eigenvalue weighted by molar-refractivity contribution is 0.123. The number of nitrogens with zero attached hydrogens (tertiary/aromatic N) is 1. The monoisotopic (exact) mass is 240 g/mol. The lowest BCUT2D eigenvalue weighted by atomic mass is 9.98. The minimum atomic E-state index is 0.617. The van der Waals surface area contributed by atoms with Crippen molar-refractivity contribution in [1.29, 1.82) is 0 Å². The molecule has 0 aromatic carbocycles. The van der Waals surface area contributed by atoms with Gasteiger partial charge in [-0.05, 0) is 31.7 Å². The molecule has 2 atom stereocenters. The summed E-state index contributed by atoms with van der Waals surface area (Å²) in [5, 5.41) is 3.61. The fraction of sp³-hybridized carbons (Fsp3) is 1.00. The van der Waals surface area contributed by atoms with Gasteiger partial charge in [0.1, 0.15) is 0 Å². The molecule has 1 aliphatic rings. The fourth-order valence-corrected chi connectivity index (χ4v) is 2.89. The second kappa shape index (κ2) is 8.10. The molecule has 0 spiro atoms. The molecule has 1 saturated heterocycles. The van der Waals surface area contributed by atoms with Gasteiger partial charge in [0.2, 0.25) is 0 Å². The lowest BCUT2D eigenvalue weighted by Gasteiger charge is -2.38. The second-order valence-corrected chi connectivity index (χ2v) is 6.10. The van der Waals surface area contributed by atoms with Crippen LogP contribution in [-0.2, 0) is 0 Å². The predicted molar refractivity (Wildman–Crippen MR) is 76.4 cm³/mol. The Hall–Kier alpha value is -0.0800. The molecule has 0 amide bonds. The Morgan fingerprint density at radius 3 is 2.65 bits per heavy atom. The highest BCUT2D eigenvalue weighted by Gasteiger charge is 2.23. The van der Waals surface area contributed by atoms with E-state index in [1.807, 2.05) is 0 Å². The van der Waals surface area contributed by atoms with Crippen molar-refractivity contribution in [1.82, 2.24) is 10.2 Å². The van der Waals surface area contributed by atoms with E-state index in [1.165, 1.54) is 51.7 Å². The van der Waals surface area contributed by atoms with Crippen molar-refractivity contribution in [3.8, 4) is 0 Å². The van der Waals surface area contributed by atoms with Gasteiger partial charge in [0.15, 0.2) is 0 Å². The quantitative estimate of drug-likeness (QED) is 0.735. The second-order valence-electron chi connectivity index (χ2n) is 6.10. The molecule has 1 fully saturated rings. The van der Waals surface area contributed by atoms with E-state index in [1.54, 1.807) is 0 Å². The third kappa shape index (κ3) is 5.87. The minimum absolute atomic E-state index is 0.617. The van der Waals surface area contributed by atoms with E-state index in [0.717, 1.165) is 12.0 Å². The van der Waals surface area contributed by atoms with Crippen LogP contribution in [0.25, 0.3) is 0 Å². The van der Waals surface area contributed by atoms with E-state index in [4.69, 9.17) is 0 Å². The Balaban J connectivity index is 2.36. The standard InChI is InChI=1S/C15H32N2/c1-5-8-14(4)12-17-10-7-6-9-15(17)11-16-13(2)3/h13-16H,5-12H2,1-4H3. The summed E-state index contributed by atoms with van der Waals surface area (Å²) >= 11 is 0. The smallest absolute Gasteiger partial charge is 0.0220 e. The summed E-state index contributed by atoms with van der Waals surface area (Å²) in [6.45, 7) is 13.0. The molecule has 1 heterocycles. The van der Waals surface area contributed by atoms with E-state index < -0.39 is 0 Å². The van der Waals surface area contributed by atoms with Crippen LogP contribution in [0.4, 0.5) is 0 Å². The summed E-state index contributed by atoms with van der Waals surface area (Å²) in [6.07, 6.45) is 6.91. The summed E-state index contributed by atoms with van der Waals surface area (Å²) < 4.78 is 0. The van der Waals surface area contributed by atoms with Crippen molar-refractivity contribution < 1.29 is 0 Å². The highest BCUT2D eigenvalue weighted by atomic mass is 15.2. The zero-order valence-electron chi connectivity index (χ0n) is 12.3. The summed E-state index contributed by atoms with van der Waals surface area (Å²) in [5.41, 5.74) is 0. The summed E-state index contributed by atoms with van der Waals surface area (Å²) in [5.74, 6) is 0.861. The molecule has 0 aliphatic carbocycles. The Morgan fingerprint density at radius 1 is 1.24 bits per heavy atom. The molecule has 17 heavy (non-hydrogen) atoms. The number of nitrogens with one attached hydrogen (secondary N) is 1. The Morgan fingerprint density at radius 2 is 2.00 bits per heavy atom. The maximum atomic E-state index is 3.61. The van der Waals surface area contributed by atoms with Gasteiger partial charge in [-0.2, -0.15) is 0 Å². The number of piperidine rings is 1. The highest BCUT2D eigenvalue weighted by molar-refractivity contribution is 4.80. The van der Waals surface area contributed by atoms with Gasteiger partial charge in [0.25, 0.3) is 0 Å². The molecule has 0 aromatic rings. The van der Waals surface area contributed by atoms with Crippen LogP contribution in [0.1, 0.15) is 59.8 Å². The van der Waals surface area contributed by atoms with Gasteiger partial charge < -0.3 is 5.32 Å². The van der Waals surface area contributed by atoms with Crippen LogP contribution in [0.3, 0.4) is 0 Å². The molecule has 1 N–H and O–H groups in total. The van der Waals surface area contributed by atoms with Crippen molar-refractivity contribution in [3.63, 3.8) is 0 Å². The molecule has 2 nitrogen and oxygen atoms in total. The molecule has 1 aliphatic heterocycles. The Bertz CT molecular complexity index is 191. The number of hydrogen-bond donors (Lipinski definition) is 1. The van der Waals surface area contributed by atoms with E-state index in [-0.39, 0.29) is 0 Å². The predicted octanol–water partition coefficient (Wildman–Crippen LogP) is 3.28. The van der Waals surface area contributed by atoms with Gasteiger partial charge in [0, 0.05) is 25.2 Å². The molecule has 0 saturated carbocycles. The normalized spacial score (nSPS) is 24.2. The van der Waals surface area contributed by atoms with Crippen LogP contribution in [0.5, 0.6) is 0 Å².